The van der Waals surface area contributed by atoms with E-state index in [1.165, 1.54) is 109 Å². The molecule has 266 valence electrons. The van der Waals surface area contributed by atoms with Crippen LogP contribution in [0.1, 0.15) is 175 Å². The lowest BCUT2D eigenvalue weighted by molar-refractivity contribution is 0.0893. The average molecular weight is 650 g/mol. The van der Waals surface area contributed by atoms with Crippen LogP contribution < -0.4 is 5.32 Å². The summed E-state index contributed by atoms with van der Waals surface area (Å²) in [6.45, 7) is 12.4. The second-order valence-electron chi connectivity index (χ2n) is 13.5. The molecule has 0 aromatic carbocycles. The van der Waals surface area contributed by atoms with Gasteiger partial charge in [-0.2, -0.15) is 8.42 Å². The normalized spacial score (nSPS) is 12.4. The highest BCUT2D eigenvalue weighted by molar-refractivity contribution is 7.85. The molecule has 0 heterocycles. The van der Waals surface area contributed by atoms with Crippen molar-refractivity contribution in [2.45, 2.75) is 180 Å². The lowest BCUT2D eigenvalue weighted by atomic mass is 9.95. The van der Waals surface area contributed by atoms with Crippen LogP contribution in [0.25, 0.3) is 0 Å². The predicted molar refractivity (Wildman–Crippen MR) is 187 cm³/mol. The first-order valence-corrected chi connectivity index (χ1v) is 20.3. The predicted octanol–water partition coefficient (Wildman–Crippen LogP) is 9.67. The van der Waals surface area contributed by atoms with Crippen molar-refractivity contribution in [1.82, 2.24) is 5.32 Å². The third-order valence-corrected chi connectivity index (χ3v) is 9.12. The van der Waals surface area contributed by atoms with Crippen LogP contribution in [0.3, 0.4) is 0 Å². The Morgan fingerprint density at radius 2 is 0.841 bits per heavy atom. The van der Waals surface area contributed by atoms with Crippen molar-refractivity contribution < 1.29 is 27.2 Å². The Balaban J connectivity index is 3.27. The minimum atomic E-state index is -3.84. The second kappa shape index (κ2) is 32.7. The fourth-order valence-electron chi connectivity index (χ4n) is 5.39. The fraction of sp³-hybridized carbons (Fsp3) is 1.00. The number of hydrogen-bond donors (Lipinski definition) is 2. The summed E-state index contributed by atoms with van der Waals surface area (Å²) in [5.41, 5.74) is 0.234. The van der Waals surface area contributed by atoms with Crippen molar-refractivity contribution >= 4 is 10.1 Å². The summed E-state index contributed by atoms with van der Waals surface area (Å²) >= 11 is 0. The minimum Gasteiger partial charge on any atom is -0.381 e. The molecule has 0 saturated carbocycles. The number of nitrogens with one attached hydrogen (secondary N) is 1. The van der Waals surface area contributed by atoms with Gasteiger partial charge in [0.15, 0.2) is 0 Å². The highest BCUT2D eigenvalue weighted by Crippen LogP contribution is 2.17. The van der Waals surface area contributed by atoms with Gasteiger partial charge in [0.05, 0.1) is 5.75 Å². The van der Waals surface area contributed by atoms with Crippen molar-refractivity contribution in [3.05, 3.63) is 0 Å². The number of hydrogen-bond acceptors (Lipinski definition) is 6. The van der Waals surface area contributed by atoms with Crippen LogP contribution in [-0.2, 0) is 24.3 Å². The van der Waals surface area contributed by atoms with Gasteiger partial charge in [-0.3, -0.25) is 4.55 Å². The molecule has 0 radical (unpaired) electrons. The van der Waals surface area contributed by atoms with E-state index < -0.39 is 10.1 Å². The second-order valence-corrected chi connectivity index (χ2v) is 15.0. The Labute approximate surface area is 274 Å². The molecule has 0 unspecified atom stereocenters. The summed E-state index contributed by atoms with van der Waals surface area (Å²) in [6, 6.07) is 0. The smallest absolute Gasteiger partial charge is 0.264 e. The minimum absolute atomic E-state index is 0.190. The first-order chi connectivity index (χ1) is 21.3. The van der Waals surface area contributed by atoms with E-state index in [1.54, 1.807) is 0 Å². The van der Waals surface area contributed by atoms with Crippen LogP contribution in [0.15, 0.2) is 0 Å². The van der Waals surface area contributed by atoms with Gasteiger partial charge in [-0.15, -0.1) is 0 Å². The van der Waals surface area contributed by atoms with Crippen LogP contribution in [0.5, 0.6) is 0 Å². The Morgan fingerprint density at radius 3 is 1.23 bits per heavy atom. The molecule has 0 bridgehead atoms. The van der Waals surface area contributed by atoms with Gasteiger partial charge in [0, 0.05) is 45.2 Å². The molecule has 0 aliphatic carbocycles. The molecule has 8 heteroatoms. The third kappa shape index (κ3) is 37.9. The van der Waals surface area contributed by atoms with Gasteiger partial charge in [0.1, 0.15) is 0 Å². The van der Waals surface area contributed by atoms with Gasteiger partial charge in [-0.25, -0.2) is 0 Å². The summed E-state index contributed by atoms with van der Waals surface area (Å²) in [7, 11) is -3.84. The summed E-state index contributed by atoms with van der Waals surface area (Å²) in [4.78, 5) is 0. The molecule has 44 heavy (non-hydrogen) atoms. The van der Waals surface area contributed by atoms with Crippen LogP contribution in [-0.4, -0.2) is 70.4 Å². The average Bonchev–Trinajstić information content (AvgIpc) is 2.97. The zero-order valence-corrected chi connectivity index (χ0v) is 30.3. The van der Waals surface area contributed by atoms with E-state index in [-0.39, 0.29) is 11.3 Å². The zero-order chi connectivity index (χ0) is 32.5. The van der Waals surface area contributed by atoms with E-state index in [0.717, 1.165) is 65.1 Å². The van der Waals surface area contributed by atoms with Crippen molar-refractivity contribution in [3.63, 3.8) is 0 Å². The molecule has 0 aromatic heterocycles. The van der Waals surface area contributed by atoms with Gasteiger partial charge in [-0.1, -0.05) is 103 Å². The Hall–Kier alpha value is -0.250. The van der Waals surface area contributed by atoms with Gasteiger partial charge in [0.2, 0.25) is 0 Å². The van der Waals surface area contributed by atoms with Crippen LogP contribution in [0.2, 0.25) is 0 Å². The Morgan fingerprint density at radius 1 is 0.500 bits per heavy atom. The van der Waals surface area contributed by atoms with Gasteiger partial charge in [-0.05, 0) is 78.2 Å². The maximum atomic E-state index is 10.6. The molecule has 0 aliphatic heterocycles. The molecular weight excluding hydrogens is 574 g/mol. The van der Waals surface area contributed by atoms with Crippen LogP contribution in [0, 0.1) is 0 Å². The summed E-state index contributed by atoms with van der Waals surface area (Å²) in [6.07, 6.45) is 29.9. The topological polar surface area (TPSA) is 94.1 Å². The number of ether oxygens (including phenoxy) is 3. The summed E-state index contributed by atoms with van der Waals surface area (Å²) < 4.78 is 46.9. The Bertz CT molecular complexity index is 674. The molecule has 0 spiro atoms. The molecule has 0 amide bonds. The highest BCUT2D eigenvalue weighted by atomic mass is 32.2. The van der Waals surface area contributed by atoms with E-state index in [2.05, 4.69) is 26.1 Å². The molecule has 0 fully saturated rings. The SMILES string of the molecule is CCCCCCCCCCCCCCCCCC(C)(C)NCCCCOCCCCOCCCCOCCCCS(=O)(=O)O. The molecule has 2 N–H and O–H groups in total. The number of rotatable bonds is 37. The highest BCUT2D eigenvalue weighted by Gasteiger charge is 2.15. The number of unbranched alkanes of at least 4 members (excludes halogenated alkanes) is 18. The van der Waals surface area contributed by atoms with Crippen molar-refractivity contribution in [1.29, 1.82) is 0 Å². The van der Waals surface area contributed by atoms with Crippen LogP contribution in [0.4, 0.5) is 0 Å². The molecule has 0 rings (SSSR count). The molecule has 0 aliphatic rings. The summed E-state index contributed by atoms with van der Waals surface area (Å²) in [5.74, 6) is -0.190. The van der Waals surface area contributed by atoms with Gasteiger partial charge < -0.3 is 19.5 Å². The molecular formula is C36H75NO6S. The van der Waals surface area contributed by atoms with E-state index in [9.17, 15) is 8.42 Å². The lowest BCUT2D eigenvalue weighted by Gasteiger charge is -2.26. The van der Waals surface area contributed by atoms with Crippen molar-refractivity contribution in [2.75, 3.05) is 51.9 Å². The molecule has 0 saturated heterocycles. The maximum absolute atomic E-state index is 10.6. The quantitative estimate of drug-likeness (QED) is 0.0511. The van der Waals surface area contributed by atoms with Gasteiger partial charge in [0.25, 0.3) is 10.1 Å². The molecule has 0 aromatic rings. The monoisotopic (exact) mass is 650 g/mol. The third-order valence-electron chi connectivity index (χ3n) is 8.32. The first-order valence-electron chi connectivity index (χ1n) is 18.7. The lowest BCUT2D eigenvalue weighted by Crippen LogP contribution is -2.39. The van der Waals surface area contributed by atoms with E-state index in [4.69, 9.17) is 18.8 Å². The van der Waals surface area contributed by atoms with Crippen molar-refractivity contribution in [3.8, 4) is 0 Å². The summed E-state index contributed by atoms with van der Waals surface area (Å²) in [5, 5.41) is 3.76. The van der Waals surface area contributed by atoms with E-state index in [0.29, 0.717) is 26.1 Å². The van der Waals surface area contributed by atoms with Crippen LogP contribution >= 0.6 is 0 Å². The zero-order valence-electron chi connectivity index (χ0n) is 29.5. The largest absolute Gasteiger partial charge is 0.381 e. The Kier molecular flexibility index (Phi) is 32.5. The van der Waals surface area contributed by atoms with Crippen molar-refractivity contribution in [2.24, 2.45) is 0 Å². The fourth-order valence-corrected chi connectivity index (χ4v) is 5.96. The molecule has 0 atom stereocenters. The van der Waals surface area contributed by atoms with Gasteiger partial charge >= 0.3 is 0 Å². The maximum Gasteiger partial charge on any atom is 0.264 e. The standard InChI is InChI=1S/C36H75NO6S/c1-4-5-6-7-8-9-10-11-12-13-14-15-16-17-18-27-36(2,3)37-28-19-20-29-41-30-21-22-31-42-32-23-24-33-43-34-25-26-35-44(38,39)40/h37H,4-35H2,1-3H3,(H,38,39,40). The van der Waals surface area contributed by atoms with E-state index in [1.807, 2.05) is 0 Å². The first kappa shape index (κ1) is 43.8. The van der Waals surface area contributed by atoms with E-state index >= 15 is 0 Å². The molecule has 7 nitrogen and oxygen atoms in total.